The van der Waals surface area contributed by atoms with Crippen LogP contribution >= 0.6 is 0 Å². The molecule has 160 valence electrons. The molecule has 0 radical (unpaired) electrons. The number of nitrogens with zero attached hydrogens (tertiary/aromatic N) is 2. The predicted molar refractivity (Wildman–Crippen MR) is 112 cm³/mol. The van der Waals surface area contributed by atoms with Gasteiger partial charge in [-0.3, -0.25) is 0 Å². The molecule has 0 bridgehead atoms. The lowest BCUT2D eigenvalue weighted by Crippen LogP contribution is -2.44. The number of halogens is 2. The Hall–Kier alpha value is -2.47. The minimum atomic E-state index is -0.718. The molecule has 0 aliphatic carbocycles. The molecule has 2 aliphatic heterocycles. The van der Waals surface area contributed by atoms with Crippen LogP contribution in [0.1, 0.15) is 37.8 Å². The van der Waals surface area contributed by atoms with Crippen molar-refractivity contribution in [2.75, 3.05) is 26.2 Å². The van der Waals surface area contributed by atoms with Crippen molar-refractivity contribution < 1.29 is 18.3 Å². The standard InChI is InChI=1S/C24H28F2N2O2/c1-17(18-2-4-19(5-3-18)20-6-8-21(25)9-7-20)28-15-12-23(30-24(28)29)11-14-27-13-10-22(26)16-27/h2-9,17,22-23H,10-16H2,1H3/t17-,22-,23+/m0/s1. The number of rotatable bonds is 6. The van der Waals surface area contributed by atoms with Gasteiger partial charge >= 0.3 is 6.09 Å². The quantitative estimate of drug-likeness (QED) is 0.651. The molecule has 30 heavy (non-hydrogen) atoms. The van der Waals surface area contributed by atoms with Gasteiger partial charge in [0.1, 0.15) is 18.1 Å². The average molecular weight is 414 g/mol. The molecule has 0 spiro atoms. The molecule has 2 saturated heterocycles. The maximum absolute atomic E-state index is 13.3. The molecule has 0 unspecified atom stereocenters. The molecule has 0 saturated carbocycles. The fourth-order valence-electron chi connectivity index (χ4n) is 4.29. The van der Waals surface area contributed by atoms with E-state index in [1.54, 1.807) is 17.0 Å². The Balaban J connectivity index is 1.32. The summed E-state index contributed by atoms with van der Waals surface area (Å²) in [6.07, 6.45) is 1.05. The molecule has 2 aromatic rings. The van der Waals surface area contributed by atoms with Crippen molar-refractivity contribution >= 4 is 6.09 Å². The van der Waals surface area contributed by atoms with Gasteiger partial charge in [-0.2, -0.15) is 0 Å². The van der Waals surface area contributed by atoms with Crippen molar-refractivity contribution in [1.82, 2.24) is 9.80 Å². The molecular weight excluding hydrogens is 386 g/mol. The molecule has 2 aliphatic rings. The van der Waals surface area contributed by atoms with Crippen molar-refractivity contribution in [3.8, 4) is 11.1 Å². The molecule has 4 nitrogen and oxygen atoms in total. The predicted octanol–water partition coefficient (Wildman–Crippen LogP) is 5.20. The molecule has 6 heteroatoms. The number of carbonyl (C=O) groups excluding carboxylic acids is 1. The lowest BCUT2D eigenvalue weighted by atomic mass is 10.00. The Morgan fingerprint density at radius 3 is 2.30 bits per heavy atom. The zero-order chi connectivity index (χ0) is 21.1. The van der Waals surface area contributed by atoms with E-state index in [0.29, 0.717) is 19.5 Å². The van der Waals surface area contributed by atoms with Gasteiger partial charge in [0.05, 0.1) is 6.04 Å². The Morgan fingerprint density at radius 1 is 1.03 bits per heavy atom. The summed E-state index contributed by atoms with van der Waals surface area (Å²) in [7, 11) is 0. The maximum Gasteiger partial charge on any atom is 0.410 e. The molecular formula is C24H28F2N2O2. The molecule has 4 rings (SSSR count). The number of benzene rings is 2. The highest BCUT2D eigenvalue weighted by atomic mass is 19.1. The SMILES string of the molecule is C[C@@H](c1ccc(-c2ccc(F)cc2)cc1)N1CC[C@@H](CCN2CC[C@H](F)C2)OC1=O. The first-order valence-corrected chi connectivity index (χ1v) is 10.7. The summed E-state index contributed by atoms with van der Waals surface area (Å²) >= 11 is 0. The van der Waals surface area contributed by atoms with E-state index < -0.39 is 6.17 Å². The number of amides is 1. The smallest absolute Gasteiger partial charge is 0.410 e. The van der Waals surface area contributed by atoms with E-state index in [0.717, 1.165) is 42.6 Å². The van der Waals surface area contributed by atoms with Gasteiger partial charge in [-0.1, -0.05) is 36.4 Å². The summed E-state index contributed by atoms with van der Waals surface area (Å²) in [5.41, 5.74) is 2.99. The topological polar surface area (TPSA) is 32.8 Å². The first kappa shape index (κ1) is 20.8. The summed E-state index contributed by atoms with van der Waals surface area (Å²) in [6, 6.07) is 14.3. The third kappa shape index (κ3) is 4.81. The highest BCUT2D eigenvalue weighted by Crippen LogP contribution is 2.28. The van der Waals surface area contributed by atoms with E-state index in [9.17, 15) is 13.6 Å². The second-order valence-corrected chi connectivity index (χ2v) is 8.27. The van der Waals surface area contributed by atoms with Gasteiger partial charge in [-0.25, -0.2) is 13.6 Å². The first-order valence-electron chi connectivity index (χ1n) is 10.7. The number of likely N-dealkylation sites (tertiary alicyclic amines) is 1. The van der Waals surface area contributed by atoms with Gasteiger partial charge < -0.3 is 14.5 Å². The van der Waals surface area contributed by atoms with Gasteiger partial charge in [-0.15, -0.1) is 0 Å². The number of carbonyl (C=O) groups is 1. The maximum atomic E-state index is 13.3. The summed E-state index contributed by atoms with van der Waals surface area (Å²) in [4.78, 5) is 16.5. The zero-order valence-electron chi connectivity index (χ0n) is 17.3. The molecule has 2 heterocycles. The highest BCUT2D eigenvalue weighted by molar-refractivity contribution is 5.69. The number of hydrogen-bond donors (Lipinski definition) is 0. The van der Waals surface area contributed by atoms with Crippen LogP contribution in [0.3, 0.4) is 0 Å². The van der Waals surface area contributed by atoms with Crippen molar-refractivity contribution in [3.05, 3.63) is 59.9 Å². The van der Waals surface area contributed by atoms with E-state index in [1.165, 1.54) is 12.1 Å². The number of ether oxygens (including phenoxy) is 1. The third-order valence-electron chi connectivity index (χ3n) is 6.21. The van der Waals surface area contributed by atoms with Crippen LogP contribution in [0, 0.1) is 5.82 Å². The molecule has 3 atom stereocenters. The third-order valence-corrected chi connectivity index (χ3v) is 6.21. The van der Waals surface area contributed by atoms with Crippen LogP contribution in [0.5, 0.6) is 0 Å². The van der Waals surface area contributed by atoms with Crippen LogP contribution in [-0.4, -0.2) is 54.3 Å². The highest BCUT2D eigenvalue weighted by Gasteiger charge is 2.31. The van der Waals surface area contributed by atoms with E-state index in [-0.39, 0.29) is 24.1 Å². The van der Waals surface area contributed by atoms with E-state index >= 15 is 0 Å². The Labute approximate surface area is 176 Å². The molecule has 0 aromatic heterocycles. The minimum Gasteiger partial charge on any atom is -0.446 e. The summed E-state index contributed by atoms with van der Waals surface area (Å²) in [5.74, 6) is -0.252. The van der Waals surface area contributed by atoms with Gasteiger partial charge in [0.25, 0.3) is 0 Å². The van der Waals surface area contributed by atoms with E-state index in [1.807, 2.05) is 31.2 Å². The molecule has 2 aromatic carbocycles. The van der Waals surface area contributed by atoms with Gasteiger partial charge in [0.2, 0.25) is 0 Å². The molecule has 1 amide bonds. The fourth-order valence-corrected chi connectivity index (χ4v) is 4.29. The number of cyclic esters (lactones) is 1. The van der Waals surface area contributed by atoms with Crippen molar-refractivity contribution in [2.45, 2.75) is 44.5 Å². The molecule has 0 N–H and O–H groups in total. The minimum absolute atomic E-state index is 0.0911. The van der Waals surface area contributed by atoms with Crippen molar-refractivity contribution in [3.63, 3.8) is 0 Å². The summed E-state index contributed by atoms with van der Waals surface area (Å²) in [6.45, 7) is 4.71. The largest absolute Gasteiger partial charge is 0.446 e. The average Bonchev–Trinajstić information content (AvgIpc) is 3.18. The van der Waals surface area contributed by atoms with Crippen LogP contribution in [0.15, 0.2) is 48.5 Å². The van der Waals surface area contributed by atoms with Gasteiger partial charge in [0, 0.05) is 32.6 Å². The fraction of sp³-hybridized carbons (Fsp3) is 0.458. The summed E-state index contributed by atoms with van der Waals surface area (Å²) in [5, 5.41) is 0. The normalized spacial score (nSPS) is 23.4. The summed E-state index contributed by atoms with van der Waals surface area (Å²) < 4.78 is 32.1. The zero-order valence-corrected chi connectivity index (χ0v) is 17.3. The van der Waals surface area contributed by atoms with E-state index in [4.69, 9.17) is 4.74 Å². The van der Waals surface area contributed by atoms with Crippen LogP contribution in [0.25, 0.3) is 11.1 Å². The number of alkyl halides is 1. The Morgan fingerprint density at radius 2 is 1.70 bits per heavy atom. The van der Waals surface area contributed by atoms with Gasteiger partial charge in [-0.05, 0) is 48.6 Å². The second kappa shape index (κ2) is 9.13. The van der Waals surface area contributed by atoms with Crippen LogP contribution in [-0.2, 0) is 4.74 Å². The van der Waals surface area contributed by atoms with Crippen LogP contribution in [0.4, 0.5) is 13.6 Å². The first-order chi connectivity index (χ1) is 14.5. The number of hydrogen-bond acceptors (Lipinski definition) is 3. The van der Waals surface area contributed by atoms with Crippen molar-refractivity contribution in [1.29, 1.82) is 0 Å². The second-order valence-electron chi connectivity index (χ2n) is 8.27. The van der Waals surface area contributed by atoms with Gasteiger partial charge in [0.15, 0.2) is 0 Å². The Kier molecular flexibility index (Phi) is 6.32. The van der Waals surface area contributed by atoms with Crippen LogP contribution < -0.4 is 0 Å². The lowest BCUT2D eigenvalue weighted by Gasteiger charge is -2.36. The van der Waals surface area contributed by atoms with E-state index in [2.05, 4.69) is 4.90 Å². The molecule has 2 fully saturated rings. The van der Waals surface area contributed by atoms with Crippen molar-refractivity contribution in [2.24, 2.45) is 0 Å². The lowest BCUT2D eigenvalue weighted by molar-refractivity contribution is 0.00677. The van der Waals surface area contributed by atoms with Crippen LogP contribution in [0.2, 0.25) is 0 Å². The monoisotopic (exact) mass is 414 g/mol. The Bertz CT molecular complexity index is 857.